The Labute approximate surface area is 112 Å². The van der Waals surface area contributed by atoms with E-state index in [2.05, 4.69) is 10.3 Å². The second-order valence-corrected chi connectivity index (χ2v) is 3.22. The smallest absolute Gasteiger partial charge is 0.255 e. The number of carbonyl (C=O) groups excluding carboxylic acids is 1. The molecule has 17 heavy (non-hydrogen) atoms. The van der Waals surface area contributed by atoms with Crippen LogP contribution in [-0.2, 0) is 0 Å². The number of likely N-dealkylation sites (N-methyl/N-ethyl adjacent to an activating group) is 2. The van der Waals surface area contributed by atoms with E-state index in [1.54, 1.807) is 7.05 Å². The fourth-order valence-corrected chi connectivity index (χ4v) is 1.13. The molecular formula is C10H16Cl2FN3O. The second-order valence-electron chi connectivity index (χ2n) is 3.22. The van der Waals surface area contributed by atoms with Crippen molar-refractivity contribution in [1.82, 2.24) is 15.2 Å². The molecule has 0 unspecified atom stereocenters. The van der Waals surface area contributed by atoms with Gasteiger partial charge in [0.1, 0.15) is 5.82 Å². The van der Waals surface area contributed by atoms with E-state index in [4.69, 9.17) is 0 Å². The van der Waals surface area contributed by atoms with Crippen LogP contribution in [-0.4, -0.2) is 43.0 Å². The van der Waals surface area contributed by atoms with Crippen LogP contribution >= 0.6 is 24.8 Å². The lowest BCUT2D eigenvalue weighted by atomic mass is 10.2. The Hall–Kier alpha value is -0.910. The molecule has 1 rings (SSSR count). The lowest BCUT2D eigenvalue weighted by Crippen LogP contribution is -2.32. The van der Waals surface area contributed by atoms with E-state index in [-0.39, 0.29) is 36.3 Å². The van der Waals surface area contributed by atoms with E-state index in [0.717, 1.165) is 6.20 Å². The summed E-state index contributed by atoms with van der Waals surface area (Å²) in [4.78, 5) is 16.8. The molecule has 0 bridgehead atoms. The summed E-state index contributed by atoms with van der Waals surface area (Å²) in [6, 6.07) is 1.19. The van der Waals surface area contributed by atoms with Crippen LogP contribution in [0.4, 0.5) is 4.39 Å². The number of pyridine rings is 1. The Balaban J connectivity index is 0. The van der Waals surface area contributed by atoms with Crippen molar-refractivity contribution in [2.75, 3.05) is 27.2 Å². The highest BCUT2D eigenvalue weighted by Gasteiger charge is 2.11. The van der Waals surface area contributed by atoms with Gasteiger partial charge in [0, 0.05) is 26.3 Å². The minimum Gasteiger partial charge on any atom is -0.340 e. The van der Waals surface area contributed by atoms with Gasteiger partial charge in [-0.2, -0.15) is 0 Å². The van der Waals surface area contributed by atoms with Gasteiger partial charge in [0.25, 0.3) is 5.91 Å². The number of nitrogens with zero attached hydrogens (tertiary/aromatic N) is 2. The summed E-state index contributed by atoms with van der Waals surface area (Å²) in [5, 5.41) is 2.93. The van der Waals surface area contributed by atoms with Crippen molar-refractivity contribution in [3.05, 3.63) is 29.8 Å². The average molecular weight is 284 g/mol. The first-order valence-electron chi connectivity index (χ1n) is 4.65. The van der Waals surface area contributed by atoms with Crippen LogP contribution in [0.2, 0.25) is 0 Å². The van der Waals surface area contributed by atoms with Crippen molar-refractivity contribution in [1.29, 1.82) is 0 Å². The molecule has 1 N–H and O–H groups in total. The van der Waals surface area contributed by atoms with Gasteiger partial charge in [0.05, 0.1) is 11.8 Å². The maximum absolute atomic E-state index is 12.8. The van der Waals surface area contributed by atoms with Gasteiger partial charge in [-0.1, -0.05) is 0 Å². The maximum Gasteiger partial charge on any atom is 0.255 e. The summed E-state index contributed by atoms with van der Waals surface area (Å²) in [6.45, 7) is 1.27. The predicted molar refractivity (Wildman–Crippen MR) is 69.6 cm³/mol. The lowest BCUT2D eigenvalue weighted by Gasteiger charge is -2.16. The Morgan fingerprint density at radius 1 is 1.47 bits per heavy atom. The molecule has 0 aliphatic rings. The topological polar surface area (TPSA) is 45.2 Å². The van der Waals surface area contributed by atoms with E-state index in [9.17, 15) is 9.18 Å². The summed E-state index contributed by atoms with van der Waals surface area (Å²) in [7, 11) is 3.48. The van der Waals surface area contributed by atoms with E-state index in [1.807, 2.05) is 7.05 Å². The monoisotopic (exact) mass is 283 g/mol. The van der Waals surface area contributed by atoms with Crippen LogP contribution in [0.1, 0.15) is 10.4 Å². The Kier molecular flexibility index (Phi) is 9.94. The number of hydrogen-bond donors (Lipinski definition) is 1. The molecule has 1 amide bonds. The molecule has 0 saturated heterocycles. The van der Waals surface area contributed by atoms with Crippen LogP contribution < -0.4 is 5.32 Å². The van der Waals surface area contributed by atoms with E-state index in [1.165, 1.54) is 17.2 Å². The number of carbonyl (C=O) groups is 1. The number of nitrogens with one attached hydrogen (secondary N) is 1. The maximum atomic E-state index is 12.8. The molecule has 0 aliphatic carbocycles. The van der Waals surface area contributed by atoms with E-state index in [0.29, 0.717) is 13.1 Å². The molecule has 1 heterocycles. The second kappa shape index (κ2) is 9.15. The van der Waals surface area contributed by atoms with Gasteiger partial charge in [0.15, 0.2) is 0 Å². The first kappa shape index (κ1) is 18.5. The Bertz CT molecular complexity index is 352. The highest BCUT2D eigenvalue weighted by Crippen LogP contribution is 2.03. The van der Waals surface area contributed by atoms with Crippen molar-refractivity contribution in [3.63, 3.8) is 0 Å². The van der Waals surface area contributed by atoms with Crippen LogP contribution in [0, 0.1) is 5.82 Å². The number of rotatable bonds is 4. The Morgan fingerprint density at radius 2 is 2.12 bits per heavy atom. The number of halogens is 3. The zero-order chi connectivity index (χ0) is 11.3. The molecule has 98 valence electrons. The molecule has 7 heteroatoms. The molecule has 0 aromatic carbocycles. The summed E-state index contributed by atoms with van der Waals surface area (Å²) in [5.74, 6) is -0.722. The molecule has 1 aromatic heterocycles. The molecule has 0 radical (unpaired) electrons. The van der Waals surface area contributed by atoms with Gasteiger partial charge in [-0.25, -0.2) is 4.39 Å². The highest BCUT2D eigenvalue weighted by molar-refractivity contribution is 5.93. The first-order valence-corrected chi connectivity index (χ1v) is 4.65. The summed E-state index contributed by atoms with van der Waals surface area (Å²) >= 11 is 0. The van der Waals surface area contributed by atoms with Gasteiger partial charge >= 0.3 is 0 Å². The molecule has 0 atom stereocenters. The summed E-state index contributed by atoms with van der Waals surface area (Å²) in [5.41, 5.74) is 0.272. The summed E-state index contributed by atoms with van der Waals surface area (Å²) < 4.78 is 12.8. The number of hydrogen-bond acceptors (Lipinski definition) is 3. The van der Waals surface area contributed by atoms with Crippen molar-refractivity contribution in [2.24, 2.45) is 0 Å². The quantitative estimate of drug-likeness (QED) is 0.908. The minimum absolute atomic E-state index is 0. The first-order chi connectivity index (χ1) is 7.15. The van der Waals surface area contributed by atoms with Gasteiger partial charge in [-0.3, -0.25) is 9.78 Å². The third-order valence-corrected chi connectivity index (χ3v) is 2.00. The van der Waals surface area contributed by atoms with Crippen LogP contribution in [0.5, 0.6) is 0 Å². The third kappa shape index (κ3) is 5.81. The molecule has 0 fully saturated rings. The molecule has 0 spiro atoms. The molecule has 0 saturated carbocycles. The fraction of sp³-hybridized carbons (Fsp3) is 0.400. The van der Waals surface area contributed by atoms with Crippen LogP contribution in [0.25, 0.3) is 0 Å². The largest absolute Gasteiger partial charge is 0.340 e. The average Bonchev–Trinajstić information content (AvgIpc) is 2.24. The number of aromatic nitrogens is 1. The normalized spacial score (nSPS) is 8.88. The van der Waals surface area contributed by atoms with Crippen molar-refractivity contribution >= 4 is 30.7 Å². The highest BCUT2D eigenvalue weighted by atomic mass is 35.5. The van der Waals surface area contributed by atoms with Crippen molar-refractivity contribution in [3.8, 4) is 0 Å². The Morgan fingerprint density at radius 3 is 2.65 bits per heavy atom. The molecule has 4 nitrogen and oxygen atoms in total. The number of amides is 1. The van der Waals surface area contributed by atoms with Crippen LogP contribution in [0.15, 0.2) is 18.5 Å². The van der Waals surface area contributed by atoms with Crippen molar-refractivity contribution < 1.29 is 9.18 Å². The zero-order valence-electron chi connectivity index (χ0n) is 9.64. The lowest BCUT2D eigenvalue weighted by molar-refractivity contribution is 0.0796. The fourth-order valence-electron chi connectivity index (χ4n) is 1.13. The molecular weight excluding hydrogens is 268 g/mol. The minimum atomic E-state index is -0.497. The molecule has 0 aliphatic heterocycles. The van der Waals surface area contributed by atoms with Crippen molar-refractivity contribution in [2.45, 2.75) is 0 Å². The summed E-state index contributed by atoms with van der Waals surface area (Å²) in [6.07, 6.45) is 2.44. The van der Waals surface area contributed by atoms with E-state index < -0.39 is 5.82 Å². The van der Waals surface area contributed by atoms with Gasteiger partial charge in [0.2, 0.25) is 0 Å². The van der Waals surface area contributed by atoms with Crippen LogP contribution in [0.3, 0.4) is 0 Å². The SMILES string of the molecule is CNCCN(C)C(=O)c1cncc(F)c1.Cl.Cl. The predicted octanol–water partition coefficient (Wildman–Crippen LogP) is 1.36. The standard InChI is InChI=1S/C10H14FN3O.2ClH/c1-12-3-4-14(2)10(15)8-5-9(11)7-13-6-8;;/h5-7,12H,3-4H2,1-2H3;2*1H. The molecule has 1 aromatic rings. The van der Waals surface area contributed by atoms with Gasteiger partial charge < -0.3 is 10.2 Å². The third-order valence-electron chi connectivity index (χ3n) is 2.00. The van der Waals surface area contributed by atoms with Gasteiger partial charge in [-0.15, -0.1) is 24.8 Å². The zero-order valence-corrected chi connectivity index (χ0v) is 11.3. The van der Waals surface area contributed by atoms with E-state index >= 15 is 0 Å². The van der Waals surface area contributed by atoms with Gasteiger partial charge in [-0.05, 0) is 13.1 Å².